The summed E-state index contributed by atoms with van der Waals surface area (Å²) >= 11 is 19.0. The van der Waals surface area contributed by atoms with Gasteiger partial charge >= 0.3 is 0 Å². The maximum atomic E-state index is 12.3. The number of anilines is 2. The highest BCUT2D eigenvalue weighted by atomic mass is 35.5. The molecule has 28 heavy (non-hydrogen) atoms. The summed E-state index contributed by atoms with van der Waals surface area (Å²) < 4.78 is 2.16. The second-order valence-electron chi connectivity index (χ2n) is 7.07. The van der Waals surface area contributed by atoms with Crippen molar-refractivity contribution in [3.05, 3.63) is 51.0 Å². The highest BCUT2D eigenvalue weighted by Crippen LogP contribution is 2.41. The molecule has 1 aromatic heterocycles. The minimum atomic E-state index is -0.171. The molecule has 1 atom stereocenters. The molecule has 4 nitrogen and oxygen atoms in total. The predicted octanol–water partition coefficient (Wildman–Crippen LogP) is 6.62. The lowest BCUT2D eigenvalue weighted by Crippen LogP contribution is -2.28. The number of Topliss-reactive ketones (excluding diaryl/α,β-unsaturated/α-hetero) is 1. The number of ketones is 1. The van der Waals surface area contributed by atoms with Crippen molar-refractivity contribution in [1.82, 2.24) is 9.55 Å². The Morgan fingerprint density at radius 3 is 2.61 bits per heavy atom. The number of hydrogen-bond acceptors (Lipinski definition) is 3. The zero-order valence-corrected chi connectivity index (χ0v) is 17.9. The smallest absolute Gasteiger partial charge is 0.211 e. The zero-order valence-electron chi connectivity index (χ0n) is 15.7. The van der Waals surface area contributed by atoms with Gasteiger partial charge in [0.2, 0.25) is 5.95 Å². The largest absolute Gasteiger partial charge is 0.310 e. The number of fused-ring (bicyclic) bond motifs is 3. The highest BCUT2D eigenvalue weighted by Gasteiger charge is 2.28. The Morgan fingerprint density at radius 1 is 1.14 bits per heavy atom. The van der Waals surface area contributed by atoms with Crippen LogP contribution >= 0.6 is 34.8 Å². The molecule has 0 aliphatic carbocycles. The van der Waals surface area contributed by atoms with Crippen LogP contribution in [-0.4, -0.2) is 21.9 Å². The third-order valence-corrected chi connectivity index (χ3v) is 6.18. The van der Waals surface area contributed by atoms with Gasteiger partial charge in [0.15, 0.2) is 0 Å². The van der Waals surface area contributed by atoms with Gasteiger partial charge in [-0.2, -0.15) is 0 Å². The molecule has 0 amide bonds. The van der Waals surface area contributed by atoms with E-state index in [0.717, 1.165) is 54.2 Å². The van der Waals surface area contributed by atoms with E-state index in [4.69, 9.17) is 39.8 Å². The van der Waals surface area contributed by atoms with Crippen molar-refractivity contribution in [2.24, 2.45) is 0 Å². The Balaban J connectivity index is 1.95. The molecule has 0 N–H and O–H groups in total. The lowest BCUT2D eigenvalue weighted by Gasteiger charge is -2.30. The Bertz CT molecular complexity index is 1080. The first-order chi connectivity index (χ1) is 13.4. The summed E-state index contributed by atoms with van der Waals surface area (Å²) in [5.41, 5.74) is 3.51. The minimum absolute atomic E-state index is 0.148. The molecule has 0 radical (unpaired) electrons. The van der Waals surface area contributed by atoms with Crippen LogP contribution in [0.25, 0.3) is 11.0 Å². The maximum absolute atomic E-state index is 12.3. The molecule has 0 spiro atoms. The Labute approximate surface area is 179 Å². The molecule has 1 aliphatic heterocycles. The number of rotatable bonds is 4. The van der Waals surface area contributed by atoms with Crippen molar-refractivity contribution in [3.63, 3.8) is 0 Å². The number of halogens is 3. The third-order valence-electron chi connectivity index (χ3n) is 5.34. The summed E-state index contributed by atoms with van der Waals surface area (Å²) in [6.45, 7) is 5.28. The molecular weight excluding hydrogens is 417 g/mol. The highest BCUT2D eigenvalue weighted by molar-refractivity contribution is 6.36. The Hall–Kier alpha value is -1.75. The first-order valence-electron chi connectivity index (χ1n) is 9.34. The van der Waals surface area contributed by atoms with Gasteiger partial charge in [0.1, 0.15) is 11.3 Å². The van der Waals surface area contributed by atoms with Crippen LogP contribution < -0.4 is 4.90 Å². The Morgan fingerprint density at radius 2 is 1.93 bits per heavy atom. The average molecular weight is 437 g/mol. The van der Waals surface area contributed by atoms with Gasteiger partial charge in [0.25, 0.3) is 0 Å². The fourth-order valence-electron chi connectivity index (χ4n) is 4.06. The van der Waals surface area contributed by atoms with E-state index in [-0.39, 0.29) is 11.7 Å². The summed E-state index contributed by atoms with van der Waals surface area (Å²) in [4.78, 5) is 19.2. The van der Waals surface area contributed by atoms with E-state index in [1.807, 2.05) is 31.2 Å². The van der Waals surface area contributed by atoms with Crippen LogP contribution in [-0.2, 0) is 11.3 Å². The quantitative estimate of drug-likeness (QED) is 0.461. The van der Waals surface area contributed by atoms with Gasteiger partial charge in [-0.15, -0.1) is 0 Å². The molecule has 1 aliphatic rings. The van der Waals surface area contributed by atoms with Gasteiger partial charge in [-0.05, 0) is 49.6 Å². The first-order valence-corrected chi connectivity index (χ1v) is 10.5. The van der Waals surface area contributed by atoms with Gasteiger partial charge in [-0.3, -0.25) is 4.79 Å². The molecule has 0 fully saturated rings. The molecule has 0 bridgehead atoms. The molecule has 2 heterocycles. The van der Waals surface area contributed by atoms with Crippen LogP contribution in [0.1, 0.15) is 38.2 Å². The molecule has 4 rings (SSSR count). The SMILES string of the molecule is CCC(C(C)=O)c1ccc(Cl)c2nc3n(c12)CCCN3c1ccc(Cl)cc1Cl. The van der Waals surface area contributed by atoms with Crippen molar-refractivity contribution >= 4 is 63.3 Å². The van der Waals surface area contributed by atoms with E-state index in [2.05, 4.69) is 9.47 Å². The molecule has 7 heteroatoms. The number of imidazole rings is 1. The van der Waals surface area contributed by atoms with Crippen LogP contribution in [0.3, 0.4) is 0 Å². The number of carbonyl (C=O) groups excluding carboxylic acids is 1. The van der Waals surface area contributed by atoms with E-state index in [1.54, 1.807) is 13.0 Å². The van der Waals surface area contributed by atoms with Crippen LogP contribution in [0.5, 0.6) is 0 Å². The van der Waals surface area contributed by atoms with Crippen molar-refractivity contribution < 1.29 is 4.79 Å². The number of carbonyl (C=O) groups is 1. The second-order valence-corrected chi connectivity index (χ2v) is 8.32. The van der Waals surface area contributed by atoms with Gasteiger partial charge in [-0.1, -0.05) is 47.8 Å². The number of benzene rings is 2. The van der Waals surface area contributed by atoms with Gasteiger partial charge < -0.3 is 9.47 Å². The van der Waals surface area contributed by atoms with E-state index in [1.165, 1.54) is 0 Å². The van der Waals surface area contributed by atoms with Crippen LogP contribution in [0.2, 0.25) is 15.1 Å². The summed E-state index contributed by atoms with van der Waals surface area (Å²) in [7, 11) is 0. The Kier molecular flexibility index (Phi) is 5.30. The second kappa shape index (κ2) is 7.58. The summed E-state index contributed by atoms with van der Waals surface area (Å²) in [6, 6.07) is 9.27. The van der Waals surface area contributed by atoms with Crippen molar-refractivity contribution in [1.29, 1.82) is 0 Å². The first kappa shape index (κ1) is 19.6. The van der Waals surface area contributed by atoms with Crippen LogP contribution in [0.15, 0.2) is 30.3 Å². The van der Waals surface area contributed by atoms with Gasteiger partial charge in [0.05, 0.1) is 21.2 Å². The normalized spacial score (nSPS) is 15.0. The van der Waals surface area contributed by atoms with E-state index in [9.17, 15) is 4.79 Å². The number of aryl methyl sites for hydroxylation is 1. The monoisotopic (exact) mass is 435 g/mol. The van der Waals surface area contributed by atoms with Crippen molar-refractivity contribution in [3.8, 4) is 0 Å². The third kappa shape index (κ3) is 3.18. The van der Waals surface area contributed by atoms with Crippen molar-refractivity contribution in [2.45, 2.75) is 39.2 Å². The van der Waals surface area contributed by atoms with Gasteiger partial charge in [0, 0.05) is 24.0 Å². The number of nitrogens with zero attached hydrogens (tertiary/aromatic N) is 3. The molecule has 2 aromatic carbocycles. The fourth-order valence-corrected chi connectivity index (χ4v) is 4.77. The molecule has 146 valence electrons. The molecule has 0 saturated carbocycles. The number of aromatic nitrogens is 2. The van der Waals surface area contributed by atoms with E-state index >= 15 is 0 Å². The predicted molar refractivity (Wildman–Crippen MR) is 117 cm³/mol. The molecule has 3 aromatic rings. The standard InChI is InChI=1S/C21H20Cl3N3O/c1-3-14(12(2)28)15-6-7-16(23)19-20(15)27-10-4-9-26(21(27)25-19)18-8-5-13(22)11-17(18)24/h5-8,11,14H,3-4,9-10H2,1-2H3. The van der Waals surface area contributed by atoms with E-state index < -0.39 is 0 Å². The molecule has 1 unspecified atom stereocenters. The summed E-state index contributed by atoms with van der Waals surface area (Å²) in [5.74, 6) is 0.767. The van der Waals surface area contributed by atoms with Gasteiger partial charge in [-0.25, -0.2) is 4.98 Å². The summed E-state index contributed by atoms with van der Waals surface area (Å²) in [6.07, 6.45) is 1.67. The molecule has 0 saturated heterocycles. The minimum Gasteiger partial charge on any atom is -0.310 e. The van der Waals surface area contributed by atoms with Crippen molar-refractivity contribution in [2.75, 3.05) is 11.4 Å². The number of hydrogen-bond donors (Lipinski definition) is 0. The zero-order chi connectivity index (χ0) is 20.0. The topological polar surface area (TPSA) is 38.1 Å². The maximum Gasteiger partial charge on any atom is 0.211 e. The van der Waals surface area contributed by atoms with E-state index in [0.29, 0.717) is 15.1 Å². The summed E-state index contributed by atoms with van der Waals surface area (Å²) in [5, 5.41) is 1.76. The lowest BCUT2D eigenvalue weighted by atomic mass is 9.92. The fraction of sp³-hybridized carbons (Fsp3) is 0.333. The van der Waals surface area contributed by atoms with Crippen LogP contribution in [0, 0.1) is 0 Å². The molecular formula is C21H20Cl3N3O. The van der Waals surface area contributed by atoms with Crippen LogP contribution in [0.4, 0.5) is 11.6 Å². The average Bonchev–Trinajstić information content (AvgIpc) is 3.05. The lowest BCUT2D eigenvalue weighted by molar-refractivity contribution is -0.118.